The second-order valence-electron chi connectivity index (χ2n) is 6.29. The lowest BCUT2D eigenvalue weighted by Gasteiger charge is -1.99. The molecule has 0 unspecified atom stereocenters. The third kappa shape index (κ3) is 3.75. The number of fused-ring (bicyclic) bond motifs is 1. The Morgan fingerprint density at radius 2 is 1.96 bits per heavy atom. The molecule has 27 heavy (non-hydrogen) atoms. The molecule has 1 N–H and O–H groups in total. The molecule has 0 aliphatic heterocycles. The zero-order valence-corrected chi connectivity index (χ0v) is 16.0. The van der Waals surface area contributed by atoms with Crippen LogP contribution in [-0.4, -0.2) is 15.9 Å². The van der Waals surface area contributed by atoms with E-state index in [-0.39, 0.29) is 12.3 Å². The number of nitrogens with zero attached hydrogens (tertiary/aromatic N) is 2. The van der Waals surface area contributed by atoms with Gasteiger partial charge < -0.3 is 9.73 Å². The van der Waals surface area contributed by atoms with Crippen molar-refractivity contribution in [2.45, 2.75) is 26.7 Å². The third-order valence-corrected chi connectivity index (χ3v) is 5.28. The van der Waals surface area contributed by atoms with Gasteiger partial charge in [0, 0.05) is 5.56 Å². The molecule has 5 nitrogen and oxygen atoms in total. The minimum Gasteiger partial charge on any atom is -0.441 e. The van der Waals surface area contributed by atoms with Crippen LogP contribution >= 0.6 is 11.3 Å². The average molecular weight is 377 g/mol. The summed E-state index contributed by atoms with van der Waals surface area (Å²) in [6.45, 7) is 3.95. The summed E-state index contributed by atoms with van der Waals surface area (Å²) in [6, 6.07) is 15.8. The molecule has 2 heterocycles. The molecule has 0 saturated heterocycles. The quantitative estimate of drug-likeness (QED) is 0.531. The molecule has 0 fully saturated rings. The number of benzene rings is 2. The normalized spacial score (nSPS) is 11.0. The lowest BCUT2D eigenvalue weighted by molar-refractivity contribution is -0.115. The Morgan fingerprint density at radius 1 is 1.15 bits per heavy atom. The third-order valence-electron chi connectivity index (χ3n) is 4.35. The van der Waals surface area contributed by atoms with Gasteiger partial charge in [-0.05, 0) is 43.2 Å². The summed E-state index contributed by atoms with van der Waals surface area (Å²) >= 11 is 1.49. The van der Waals surface area contributed by atoms with Gasteiger partial charge in [0.05, 0.1) is 22.3 Å². The number of aromatic nitrogens is 2. The van der Waals surface area contributed by atoms with Crippen molar-refractivity contribution < 1.29 is 9.21 Å². The van der Waals surface area contributed by atoms with Gasteiger partial charge in [-0.2, -0.15) is 0 Å². The highest BCUT2D eigenvalue weighted by molar-refractivity contribution is 7.22. The highest BCUT2D eigenvalue weighted by Gasteiger charge is 2.16. The van der Waals surface area contributed by atoms with Crippen LogP contribution in [0.4, 0.5) is 5.13 Å². The SMILES string of the molecule is CCc1ccc2nc(NC(=O)Cc3nc(-c4ccccc4)oc3C)sc2c1. The number of carbonyl (C=O) groups is 1. The van der Waals surface area contributed by atoms with E-state index in [1.54, 1.807) is 0 Å². The van der Waals surface area contributed by atoms with E-state index in [1.165, 1.54) is 16.9 Å². The van der Waals surface area contributed by atoms with Crippen molar-refractivity contribution in [2.75, 3.05) is 5.32 Å². The topological polar surface area (TPSA) is 68.0 Å². The van der Waals surface area contributed by atoms with Crippen molar-refractivity contribution in [3.05, 3.63) is 65.5 Å². The predicted octanol–water partition coefficient (Wildman–Crippen LogP) is 5.00. The summed E-state index contributed by atoms with van der Waals surface area (Å²) in [7, 11) is 0. The van der Waals surface area contributed by atoms with Crippen LogP contribution < -0.4 is 5.32 Å². The summed E-state index contributed by atoms with van der Waals surface area (Å²) < 4.78 is 6.80. The van der Waals surface area contributed by atoms with Crippen LogP contribution in [0.15, 0.2) is 52.9 Å². The van der Waals surface area contributed by atoms with Crippen LogP contribution in [0.25, 0.3) is 21.7 Å². The zero-order chi connectivity index (χ0) is 18.8. The number of oxazole rings is 1. The first kappa shape index (κ1) is 17.4. The van der Waals surface area contributed by atoms with E-state index < -0.39 is 0 Å². The molecular weight excluding hydrogens is 358 g/mol. The maximum atomic E-state index is 12.5. The number of hydrogen-bond acceptors (Lipinski definition) is 5. The molecule has 4 aromatic rings. The van der Waals surface area contributed by atoms with Gasteiger partial charge in [0.1, 0.15) is 5.76 Å². The maximum Gasteiger partial charge on any atom is 0.232 e. The summed E-state index contributed by atoms with van der Waals surface area (Å²) in [6.07, 6.45) is 1.13. The standard InChI is InChI=1S/C21H19N3O2S/c1-3-14-9-10-16-18(11-14)27-21(23-16)24-19(25)12-17-13(2)26-20(22-17)15-7-5-4-6-8-15/h4-11H,3,12H2,1-2H3,(H,23,24,25). The number of hydrogen-bond donors (Lipinski definition) is 1. The second-order valence-corrected chi connectivity index (χ2v) is 7.32. The molecule has 4 rings (SSSR count). The number of thiazole rings is 1. The zero-order valence-electron chi connectivity index (χ0n) is 15.2. The first-order valence-corrected chi connectivity index (χ1v) is 9.65. The van der Waals surface area contributed by atoms with Crippen molar-refractivity contribution in [3.63, 3.8) is 0 Å². The Kier molecular flexibility index (Phi) is 4.73. The number of nitrogens with one attached hydrogen (secondary N) is 1. The fraction of sp³-hybridized carbons (Fsp3) is 0.190. The highest BCUT2D eigenvalue weighted by Crippen LogP contribution is 2.27. The monoisotopic (exact) mass is 377 g/mol. The van der Waals surface area contributed by atoms with Crippen molar-refractivity contribution in [3.8, 4) is 11.5 Å². The van der Waals surface area contributed by atoms with E-state index in [9.17, 15) is 4.79 Å². The Balaban J connectivity index is 1.49. The molecule has 0 aliphatic carbocycles. The van der Waals surface area contributed by atoms with E-state index in [0.29, 0.717) is 22.5 Å². The fourth-order valence-electron chi connectivity index (χ4n) is 2.85. The molecule has 2 aromatic carbocycles. The second kappa shape index (κ2) is 7.32. The Morgan fingerprint density at radius 3 is 2.74 bits per heavy atom. The molecule has 0 radical (unpaired) electrons. The molecule has 0 bridgehead atoms. The Hall–Kier alpha value is -2.99. The summed E-state index contributed by atoms with van der Waals surface area (Å²) in [4.78, 5) is 21.4. The van der Waals surface area contributed by atoms with Gasteiger partial charge >= 0.3 is 0 Å². The first-order valence-electron chi connectivity index (χ1n) is 8.83. The number of rotatable bonds is 5. The van der Waals surface area contributed by atoms with Crippen molar-refractivity contribution in [2.24, 2.45) is 0 Å². The van der Waals surface area contributed by atoms with E-state index in [0.717, 1.165) is 22.2 Å². The minimum atomic E-state index is -0.152. The van der Waals surface area contributed by atoms with Gasteiger partial charge in [0.25, 0.3) is 0 Å². The molecule has 0 spiro atoms. The molecule has 0 aliphatic rings. The lowest BCUT2D eigenvalue weighted by atomic mass is 10.2. The minimum absolute atomic E-state index is 0.151. The van der Waals surface area contributed by atoms with Crippen LogP contribution in [0.3, 0.4) is 0 Å². The van der Waals surface area contributed by atoms with Crippen LogP contribution in [0, 0.1) is 6.92 Å². The number of anilines is 1. The summed E-state index contributed by atoms with van der Waals surface area (Å²) in [5, 5.41) is 3.48. The molecule has 0 atom stereocenters. The van der Waals surface area contributed by atoms with Gasteiger partial charge in [0.2, 0.25) is 11.8 Å². The van der Waals surface area contributed by atoms with Gasteiger partial charge in [-0.3, -0.25) is 4.79 Å². The molecule has 136 valence electrons. The smallest absolute Gasteiger partial charge is 0.232 e. The highest BCUT2D eigenvalue weighted by atomic mass is 32.1. The fourth-order valence-corrected chi connectivity index (χ4v) is 3.80. The van der Waals surface area contributed by atoms with Crippen LogP contribution in [-0.2, 0) is 17.6 Å². The molecule has 2 aromatic heterocycles. The largest absolute Gasteiger partial charge is 0.441 e. The van der Waals surface area contributed by atoms with E-state index in [4.69, 9.17) is 4.42 Å². The molecule has 0 saturated carbocycles. The van der Waals surface area contributed by atoms with E-state index in [2.05, 4.69) is 34.3 Å². The Bertz CT molecular complexity index is 1100. The Labute approximate surface area is 161 Å². The number of aryl methyl sites for hydroxylation is 2. The van der Waals surface area contributed by atoms with Gasteiger partial charge in [0.15, 0.2) is 5.13 Å². The van der Waals surface area contributed by atoms with Crippen molar-refractivity contribution >= 4 is 32.6 Å². The lowest BCUT2D eigenvalue weighted by Crippen LogP contribution is -2.14. The first-order chi connectivity index (χ1) is 13.1. The number of carbonyl (C=O) groups excluding carboxylic acids is 1. The van der Waals surface area contributed by atoms with E-state index in [1.807, 2.05) is 43.3 Å². The maximum absolute atomic E-state index is 12.5. The molecule has 1 amide bonds. The van der Waals surface area contributed by atoms with Gasteiger partial charge in [-0.1, -0.05) is 42.5 Å². The number of amides is 1. The van der Waals surface area contributed by atoms with Gasteiger partial charge in [-0.25, -0.2) is 9.97 Å². The molecule has 6 heteroatoms. The summed E-state index contributed by atoms with van der Waals surface area (Å²) in [5.41, 5.74) is 3.69. The molecular formula is C21H19N3O2S. The average Bonchev–Trinajstić information content (AvgIpc) is 3.24. The predicted molar refractivity (Wildman–Crippen MR) is 108 cm³/mol. The van der Waals surface area contributed by atoms with Crippen molar-refractivity contribution in [1.29, 1.82) is 0 Å². The van der Waals surface area contributed by atoms with Crippen LogP contribution in [0.2, 0.25) is 0 Å². The van der Waals surface area contributed by atoms with Gasteiger partial charge in [-0.15, -0.1) is 0 Å². The van der Waals surface area contributed by atoms with Crippen molar-refractivity contribution in [1.82, 2.24) is 9.97 Å². The summed E-state index contributed by atoms with van der Waals surface area (Å²) in [5.74, 6) is 1.03. The van der Waals surface area contributed by atoms with Crippen LogP contribution in [0.5, 0.6) is 0 Å². The van der Waals surface area contributed by atoms with Crippen LogP contribution in [0.1, 0.15) is 23.9 Å². The van der Waals surface area contributed by atoms with E-state index >= 15 is 0 Å².